The number of nitrogens with one attached hydrogen (secondary N) is 1. The van der Waals surface area contributed by atoms with Crippen LogP contribution in [-0.4, -0.2) is 87.8 Å². The number of hydroxylamine groups is 1. The third-order valence-corrected chi connectivity index (χ3v) is 9.04. The first-order valence-corrected chi connectivity index (χ1v) is 20.5. The van der Waals surface area contributed by atoms with Crippen LogP contribution in [0.1, 0.15) is 181 Å². The van der Waals surface area contributed by atoms with Gasteiger partial charge in [-0.15, -0.1) is 0 Å². The molecule has 1 unspecified atom stereocenters. The Morgan fingerprint density at radius 1 is 0.612 bits per heavy atom. The summed E-state index contributed by atoms with van der Waals surface area (Å²) in [6.45, 7) is 11.2. The molecule has 0 aromatic heterocycles. The highest BCUT2D eigenvalue weighted by molar-refractivity contribution is 5.78. The SMILES string of the molecule is CCCCCCCOC(=O)CCCCCCCN(CCCCCCCC(=O)OC(CCCC)CCCCC)CCCN=C(NOC)N(C)C. The van der Waals surface area contributed by atoms with Crippen LogP contribution in [0.25, 0.3) is 0 Å². The molecule has 0 aliphatic rings. The van der Waals surface area contributed by atoms with Crippen LogP contribution in [0.5, 0.6) is 0 Å². The molecule has 49 heavy (non-hydrogen) atoms. The minimum absolute atomic E-state index is 0.00217. The molecular weight excluding hydrogens is 616 g/mol. The van der Waals surface area contributed by atoms with Crippen molar-refractivity contribution < 1.29 is 23.9 Å². The van der Waals surface area contributed by atoms with Crippen LogP contribution in [0, 0.1) is 0 Å². The molecule has 0 aromatic rings. The van der Waals surface area contributed by atoms with Gasteiger partial charge in [0.05, 0.1) is 13.7 Å². The molecule has 1 atom stereocenters. The Bertz CT molecular complexity index is 780. The van der Waals surface area contributed by atoms with Crippen molar-refractivity contribution >= 4 is 17.9 Å². The maximum atomic E-state index is 12.5. The predicted octanol–water partition coefficient (Wildman–Crippen LogP) is 9.62. The molecule has 9 heteroatoms. The number of guanidine groups is 1. The Morgan fingerprint density at radius 3 is 1.73 bits per heavy atom. The number of carbonyl (C=O) groups is 2. The van der Waals surface area contributed by atoms with E-state index < -0.39 is 0 Å². The number of nitrogens with zero attached hydrogens (tertiary/aromatic N) is 3. The molecule has 0 amide bonds. The van der Waals surface area contributed by atoms with Crippen molar-refractivity contribution in [2.45, 2.75) is 187 Å². The summed E-state index contributed by atoms with van der Waals surface area (Å²) in [7, 11) is 5.52. The zero-order valence-corrected chi connectivity index (χ0v) is 33.2. The van der Waals surface area contributed by atoms with Gasteiger partial charge in [0.1, 0.15) is 6.10 Å². The highest BCUT2D eigenvalue weighted by Gasteiger charge is 2.14. The van der Waals surface area contributed by atoms with Crippen molar-refractivity contribution in [3.63, 3.8) is 0 Å². The summed E-state index contributed by atoms with van der Waals surface area (Å²) in [6.07, 6.45) is 27.1. The molecule has 0 saturated heterocycles. The normalized spacial score (nSPS) is 12.3. The van der Waals surface area contributed by atoms with E-state index in [2.05, 4.69) is 36.1 Å². The second-order valence-corrected chi connectivity index (χ2v) is 14.0. The smallest absolute Gasteiger partial charge is 0.306 e. The number of hydrogen-bond donors (Lipinski definition) is 1. The second-order valence-electron chi connectivity index (χ2n) is 14.0. The molecule has 0 rings (SSSR count). The van der Waals surface area contributed by atoms with Gasteiger partial charge in [-0.1, -0.05) is 111 Å². The fourth-order valence-electron chi connectivity index (χ4n) is 5.97. The molecule has 9 nitrogen and oxygen atoms in total. The summed E-state index contributed by atoms with van der Waals surface area (Å²) >= 11 is 0. The highest BCUT2D eigenvalue weighted by Crippen LogP contribution is 2.16. The molecule has 0 bridgehead atoms. The van der Waals surface area contributed by atoms with Crippen molar-refractivity contribution in [2.24, 2.45) is 4.99 Å². The second kappa shape index (κ2) is 35.9. The predicted molar refractivity (Wildman–Crippen MR) is 206 cm³/mol. The van der Waals surface area contributed by atoms with Gasteiger partial charge >= 0.3 is 11.9 Å². The van der Waals surface area contributed by atoms with Gasteiger partial charge in [0.15, 0.2) is 0 Å². The van der Waals surface area contributed by atoms with E-state index in [1.54, 1.807) is 7.11 Å². The Kier molecular flexibility index (Phi) is 34.6. The van der Waals surface area contributed by atoms with Crippen molar-refractivity contribution in [3.05, 3.63) is 0 Å². The van der Waals surface area contributed by atoms with Gasteiger partial charge < -0.3 is 19.3 Å². The van der Waals surface area contributed by atoms with Crippen molar-refractivity contribution in [3.8, 4) is 0 Å². The third kappa shape index (κ3) is 31.8. The largest absolute Gasteiger partial charge is 0.466 e. The van der Waals surface area contributed by atoms with Gasteiger partial charge in [-0.2, -0.15) is 0 Å². The number of hydrogen-bond acceptors (Lipinski definition) is 7. The topological polar surface area (TPSA) is 92.7 Å². The summed E-state index contributed by atoms with van der Waals surface area (Å²) in [5.74, 6) is 0.704. The molecule has 0 aromatic carbocycles. The highest BCUT2D eigenvalue weighted by atomic mass is 16.6. The van der Waals surface area contributed by atoms with Crippen LogP contribution in [0.3, 0.4) is 0 Å². The van der Waals surface area contributed by atoms with E-state index in [1.807, 2.05) is 19.0 Å². The zero-order chi connectivity index (χ0) is 36.2. The fraction of sp³-hybridized carbons (Fsp3) is 0.925. The molecule has 0 heterocycles. The third-order valence-electron chi connectivity index (χ3n) is 9.04. The standard InChI is InChI=1S/C40H80N4O5/c1-7-10-13-20-26-36-48-38(45)30-22-16-14-18-24-33-44(35-27-32-41-40(42-47-6)43(4)5)34-25-19-15-17-23-31-39(46)49-37(28-12-9-3)29-21-11-8-2/h37H,7-36H2,1-6H3,(H,41,42). The van der Waals surface area contributed by atoms with Crippen molar-refractivity contribution in [1.82, 2.24) is 15.3 Å². The molecule has 0 aliphatic heterocycles. The summed E-state index contributed by atoms with van der Waals surface area (Å²) in [6, 6.07) is 0. The van der Waals surface area contributed by atoms with Crippen LogP contribution >= 0.6 is 0 Å². The lowest BCUT2D eigenvalue weighted by Crippen LogP contribution is -2.36. The van der Waals surface area contributed by atoms with Gasteiger partial charge in [-0.25, -0.2) is 5.48 Å². The van der Waals surface area contributed by atoms with Crippen LogP contribution in [-0.2, 0) is 23.9 Å². The first kappa shape index (κ1) is 47.1. The van der Waals surface area contributed by atoms with E-state index in [0.717, 1.165) is 122 Å². The summed E-state index contributed by atoms with van der Waals surface area (Å²) in [5.41, 5.74) is 2.85. The number of esters is 2. The lowest BCUT2D eigenvalue weighted by molar-refractivity contribution is -0.150. The Morgan fingerprint density at radius 2 is 1.12 bits per heavy atom. The maximum Gasteiger partial charge on any atom is 0.306 e. The van der Waals surface area contributed by atoms with Gasteiger partial charge in [0.2, 0.25) is 5.96 Å². The molecule has 0 fully saturated rings. The lowest BCUT2D eigenvalue weighted by Gasteiger charge is -2.22. The average molecular weight is 697 g/mol. The molecule has 290 valence electrons. The number of rotatable bonds is 35. The number of ether oxygens (including phenoxy) is 2. The molecule has 0 spiro atoms. The quantitative estimate of drug-likeness (QED) is 0.0230. The minimum Gasteiger partial charge on any atom is -0.466 e. The van der Waals surface area contributed by atoms with Gasteiger partial charge in [-0.05, 0) is 77.4 Å². The van der Waals surface area contributed by atoms with E-state index in [4.69, 9.17) is 14.3 Å². The van der Waals surface area contributed by atoms with Crippen LogP contribution in [0.2, 0.25) is 0 Å². The Hall–Kier alpha value is -1.87. The molecule has 0 saturated carbocycles. The number of aliphatic imine (C=N–C) groups is 1. The van der Waals surface area contributed by atoms with Gasteiger partial charge in [0.25, 0.3) is 0 Å². The van der Waals surface area contributed by atoms with Crippen molar-refractivity contribution in [2.75, 3.05) is 54.0 Å². The van der Waals surface area contributed by atoms with Crippen LogP contribution < -0.4 is 5.48 Å². The zero-order valence-electron chi connectivity index (χ0n) is 33.2. The van der Waals surface area contributed by atoms with E-state index >= 15 is 0 Å². The van der Waals surface area contributed by atoms with Gasteiger partial charge in [0, 0.05) is 33.5 Å². The molecule has 0 aliphatic carbocycles. The molecule has 1 N–H and O–H groups in total. The number of unbranched alkanes of at least 4 members (excludes halogenated alkanes) is 15. The van der Waals surface area contributed by atoms with E-state index in [-0.39, 0.29) is 18.0 Å². The van der Waals surface area contributed by atoms with Crippen molar-refractivity contribution in [1.29, 1.82) is 0 Å². The Balaban J connectivity index is 4.39. The minimum atomic E-state index is -0.0313. The van der Waals surface area contributed by atoms with E-state index in [9.17, 15) is 9.59 Å². The Labute approximate surface area is 303 Å². The summed E-state index contributed by atoms with van der Waals surface area (Å²) in [4.78, 5) is 38.7. The van der Waals surface area contributed by atoms with E-state index in [1.165, 1.54) is 57.8 Å². The van der Waals surface area contributed by atoms with Crippen LogP contribution in [0.15, 0.2) is 4.99 Å². The van der Waals surface area contributed by atoms with Crippen LogP contribution in [0.4, 0.5) is 0 Å². The monoisotopic (exact) mass is 697 g/mol. The molecule has 0 radical (unpaired) electrons. The number of carbonyl (C=O) groups excluding carboxylic acids is 2. The average Bonchev–Trinajstić information content (AvgIpc) is 3.08. The first-order valence-electron chi connectivity index (χ1n) is 20.5. The summed E-state index contributed by atoms with van der Waals surface area (Å²) in [5, 5.41) is 0. The fourth-order valence-corrected chi connectivity index (χ4v) is 5.97. The lowest BCUT2D eigenvalue weighted by atomic mass is 10.1. The molecular formula is C40H80N4O5. The van der Waals surface area contributed by atoms with E-state index in [0.29, 0.717) is 19.4 Å². The maximum absolute atomic E-state index is 12.5. The summed E-state index contributed by atoms with van der Waals surface area (Å²) < 4.78 is 11.3. The van der Waals surface area contributed by atoms with Gasteiger partial charge in [-0.3, -0.25) is 19.4 Å². The first-order chi connectivity index (χ1) is 23.9.